The van der Waals surface area contributed by atoms with Gasteiger partial charge in [-0.15, -0.1) is 0 Å². The van der Waals surface area contributed by atoms with Gasteiger partial charge in [0.2, 0.25) is 0 Å². The summed E-state index contributed by atoms with van der Waals surface area (Å²) >= 11 is 0. The van der Waals surface area contributed by atoms with Crippen LogP contribution in [0.15, 0.2) is 0 Å². The lowest BCUT2D eigenvalue weighted by molar-refractivity contribution is -0.159. The molecular formula is C34H64O9. The van der Waals surface area contributed by atoms with Gasteiger partial charge in [0.25, 0.3) is 0 Å². The summed E-state index contributed by atoms with van der Waals surface area (Å²) < 4.78 is 22.7. The molecule has 0 rings (SSSR count). The van der Waals surface area contributed by atoms with Crippen molar-refractivity contribution < 1.29 is 43.5 Å². The third kappa shape index (κ3) is 26.4. The molecule has 0 aromatic heterocycles. The van der Waals surface area contributed by atoms with E-state index in [-0.39, 0.29) is 24.5 Å². The normalized spacial score (nSPS) is 12.7. The second-order valence-electron chi connectivity index (χ2n) is 14.3. The number of ether oxygens (including phenoxy) is 4. The third-order valence-electron chi connectivity index (χ3n) is 7.24. The Labute approximate surface area is 261 Å². The number of hydrogen-bond donors (Lipinski definition) is 2. The molecule has 0 aromatic rings. The summed E-state index contributed by atoms with van der Waals surface area (Å²) in [7, 11) is 0. The van der Waals surface area contributed by atoms with E-state index < -0.39 is 22.4 Å². The minimum atomic E-state index is -0.666. The van der Waals surface area contributed by atoms with Gasteiger partial charge in [0, 0.05) is 38.7 Å². The van der Waals surface area contributed by atoms with Crippen LogP contribution in [-0.2, 0) is 33.3 Å². The van der Waals surface area contributed by atoms with Gasteiger partial charge >= 0.3 is 17.9 Å². The number of rotatable bonds is 26. The van der Waals surface area contributed by atoms with Gasteiger partial charge in [-0.25, -0.2) is 0 Å². The van der Waals surface area contributed by atoms with E-state index in [1.165, 1.54) is 0 Å². The standard InChI is InChI=1S/C34H64O9/c1-31(2,39)21-15-9-12-18-29(37)42-33(5,6)23-26-40-27-24-34(7,8)43-30(38)19-13-10-16-22-32(3,4)41-28(36)20-14-11-17-25-35/h35,39H,9-27H2,1-8H3. The van der Waals surface area contributed by atoms with Crippen LogP contribution in [0, 0.1) is 0 Å². The number of esters is 3. The van der Waals surface area contributed by atoms with Crippen LogP contribution in [0.25, 0.3) is 0 Å². The maximum atomic E-state index is 12.4. The molecule has 0 saturated carbocycles. The highest BCUT2D eigenvalue weighted by atomic mass is 16.6. The molecule has 0 spiro atoms. The van der Waals surface area contributed by atoms with E-state index >= 15 is 0 Å². The maximum Gasteiger partial charge on any atom is 0.306 e. The molecular weight excluding hydrogens is 552 g/mol. The largest absolute Gasteiger partial charge is 0.460 e. The molecule has 0 saturated heterocycles. The SMILES string of the molecule is CC(C)(O)CCCCCC(=O)OC(C)(C)CCOCCC(C)(C)OC(=O)CCCCCC(C)(C)OC(=O)CCCCCO. The smallest absolute Gasteiger partial charge is 0.306 e. The minimum Gasteiger partial charge on any atom is -0.460 e. The van der Waals surface area contributed by atoms with Gasteiger partial charge < -0.3 is 29.2 Å². The molecule has 0 fully saturated rings. The summed E-state index contributed by atoms with van der Waals surface area (Å²) in [5.74, 6) is -0.646. The molecule has 0 amide bonds. The average Bonchev–Trinajstić information content (AvgIpc) is 2.84. The molecule has 0 aliphatic carbocycles. The van der Waals surface area contributed by atoms with E-state index in [9.17, 15) is 19.5 Å². The van der Waals surface area contributed by atoms with Crippen LogP contribution in [0.5, 0.6) is 0 Å². The van der Waals surface area contributed by atoms with E-state index in [0.717, 1.165) is 57.8 Å². The van der Waals surface area contributed by atoms with E-state index in [1.54, 1.807) is 13.8 Å². The average molecular weight is 617 g/mol. The second-order valence-corrected chi connectivity index (χ2v) is 14.3. The number of aliphatic hydroxyl groups is 2. The first-order valence-corrected chi connectivity index (χ1v) is 16.4. The highest BCUT2D eigenvalue weighted by Gasteiger charge is 2.25. The summed E-state index contributed by atoms with van der Waals surface area (Å²) in [5, 5.41) is 18.6. The molecule has 43 heavy (non-hydrogen) atoms. The Morgan fingerprint density at radius 3 is 1.21 bits per heavy atom. The molecule has 0 radical (unpaired) electrons. The molecule has 0 atom stereocenters. The second kappa shape index (κ2) is 21.1. The van der Waals surface area contributed by atoms with Gasteiger partial charge in [-0.1, -0.05) is 25.7 Å². The Morgan fingerprint density at radius 1 is 0.488 bits per heavy atom. The van der Waals surface area contributed by atoms with Gasteiger partial charge in [0.05, 0.1) is 18.8 Å². The van der Waals surface area contributed by atoms with Crippen LogP contribution < -0.4 is 0 Å². The van der Waals surface area contributed by atoms with Crippen LogP contribution in [0.1, 0.15) is 158 Å². The highest BCUT2D eigenvalue weighted by molar-refractivity contribution is 5.70. The van der Waals surface area contributed by atoms with Gasteiger partial charge in [-0.2, -0.15) is 0 Å². The van der Waals surface area contributed by atoms with E-state index in [4.69, 9.17) is 24.1 Å². The van der Waals surface area contributed by atoms with Gasteiger partial charge in [0.15, 0.2) is 0 Å². The van der Waals surface area contributed by atoms with Crippen LogP contribution in [-0.4, -0.2) is 70.3 Å². The summed E-state index contributed by atoms with van der Waals surface area (Å²) in [6, 6.07) is 0. The molecule has 2 N–H and O–H groups in total. The van der Waals surface area contributed by atoms with E-state index in [0.29, 0.717) is 58.2 Å². The zero-order chi connectivity index (χ0) is 33.0. The van der Waals surface area contributed by atoms with Crippen LogP contribution in [0.2, 0.25) is 0 Å². The lowest BCUT2D eigenvalue weighted by atomic mass is 9.99. The Morgan fingerprint density at radius 2 is 0.837 bits per heavy atom. The van der Waals surface area contributed by atoms with E-state index in [1.807, 2.05) is 41.5 Å². The molecule has 0 unspecified atom stereocenters. The lowest BCUT2D eigenvalue weighted by Crippen LogP contribution is -2.31. The van der Waals surface area contributed by atoms with E-state index in [2.05, 4.69) is 0 Å². The van der Waals surface area contributed by atoms with Crippen molar-refractivity contribution in [2.45, 2.75) is 181 Å². The zero-order valence-corrected chi connectivity index (χ0v) is 28.7. The van der Waals surface area contributed by atoms with Crippen molar-refractivity contribution in [2.24, 2.45) is 0 Å². The van der Waals surface area contributed by atoms with Crippen molar-refractivity contribution in [3.8, 4) is 0 Å². The first kappa shape index (κ1) is 41.3. The Hall–Kier alpha value is -1.71. The number of carbonyl (C=O) groups excluding carboxylic acids is 3. The van der Waals surface area contributed by atoms with Crippen molar-refractivity contribution in [3.63, 3.8) is 0 Å². The fourth-order valence-electron chi connectivity index (χ4n) is 4.53. The van der Waals surface area contributed by atoms with Gasteiger partial charge in [-0.05, 0) is 100 Å². The molecule has 9 nitrogen and oxygen atoms in total. The van der Waals surface area contributed by atoms with Crippen molar-refractivity contribution in [1.29, 1.82) is 0 Å². The highest BCUT2D eigenvalue weighted by Crippen LogP contribution is 2.22. The van der Waals surface area contributed by atoms with Crippen molar-refractivity contribution >= 4 is 17.9 Å². The lowest BCUT2D eigenvalue weighted by Gasteiger charge is -2.27. The zero-order valence-electron chi connectivity index (χ0n) is 28.7. The van der Waals surface area contributed by atoms with Crippen LogP contribution in [0.4, 0.5) is 0 Å². The van der Waals surface area contributed by atoms with Crippen LogP contribution in [0.3, 0.4) is 0 Å². The quantitative estimate of drug-likeness (QED) is 0.0601. The number of hydrogen-bond acceptors (Lipinski definition) is 9. The van der Waals surface area contributed by atoms with Crippen molar-refractivity contribution in [3.05, 3.63) is 0 Å². The van der Waals surface area contributed by atoms with Gasteiger partial charge in [-0.3, -0.25) is 14.4 Å². The van der Waals surface area contributed by atoms with Crippen molar-refractivity contribution in [2.75, 3.05) is 19.8 Å². The summed E-state index contributed by atoms with van der Waals surface area (Å²) in [4.78, 5) is 36.6. The number of unbranched alkanes of at least 4 members (excludes halogenated alkanes) is 6. The molecule has 0 aliphatic rings. The van der Waals surface area contributed by atoms with Crippen LogP contribution >= 0.6 is 0 Å². The Bertz CT molecular complexity index is 781. The first-order valence-electron chi connectivity index (χ1n) is 16.4. The Kier molecular flexibility index (Phi) is 20.3. The monoisotopic (exact) mass is 616 g/mol. The maximum absolute atomic E-state index is 12.4. The molecule has 0 bridgehead atoms. The minimum absolute atomic E-state index is 0.147. The molecule has 0 aromatic carbocycles. The van der Waals surface area contributed by atoms with Crippen molar-refractivity contribution in [1.82, 2.24) is 0 Å². The number of aliphatic hydroxyl groups excluding tert-OH is 1. The topological polar surface area (TPSA) is 129 Å². The molecule has 254 valence electrons. The fraction of sp³-hybridized carbons (Fsp3) is 0.912. The van der Waals surface area contributed by atoms with Gasteiger partial charge in [0.1, 0.15) is 16.8 Å². The fourth-order valence-corrected chi connectivity index (χ4v) is 4.53. The molecule has 0 aliphatic heterocycles. The summed E-state index contributed by atoms with van der Waals surface area (Å²) in [6.07, 6.45) is 10.8. The summed E-state index contributed by atoms with van der Waals surface area (Å²) in [6.45, 7) is 15.9. The third-order valence-corrected chi connectivity index (χ3v) is 7.24. The molecule has 9 heteroatoms. The molecule has 0 heterocycles. The Balaban J connectivity index is 4.04. The predicted molar refractivity (Wildman–Crippen MR) is 169 cm³/mol. The summed E-state index contributed by atoms with van der Waals surface area (Å²) in [5.41, 5.74) is -2.46. The number of carbonyl (C=O) groups is 3. The first-order chi connectivity index (χ1) is 19.9. The predicted octanol–water partition coefficient (Wildman–Crippen LogP) is 6.97.